The molecule has 7 heteroatoms. The molecule has 18 heavy (non-hydrogen) atoms. The first-order valence-electron chi connectivity index (χ1n) is 4.89. The Morgan fingerprint density at radius 2 is 2.33 bits per heavy atom. The highest BCUT2D eigenvalue weighted by atomic mass is 35.5. The normalized spacial score (nSPS) is 9.89. The fourth-order valence-corrected chi connectivity index (χ4v) is 1.73. The second kappa shape index (κ2) is 4.91. The van der Waals surface area contributed by atoms with Gasteiger partial charge < -0.3 is 4.74 Å². The number of nitrogens with zero attached hydrogens (tertiary/aromatic N) is 4. The number of hydrogen-bond donors (Lipinski definition) is 0. The molecular formula is C11H7ClN4O2. The van der Waals surface area contributed by atoms with E-state index in [4.69, 9.17) is 17.1 Å². The van der Waals surface area contributed by atoms with Crippen LogP contribution < -0.4 is 0 Å². The minimum atomic E-state index is -0.619. The maximum absolute atomic E-state index is 11.6. The van der Waals surface area contributed by atoms with Crippen molar-refractivity contribution < 1.29 is 9.53 Å². The Bertz CT molecular complexity index is 680. The van der Waals surface area contributed by atoms with E-state index in [0.29, 0.717) is 15.9 Å². The van der Waals surface area contributed by atoms with Gasteiger partial charge in [0.05, 0.1) is 23.9 Å². The number of rotatable bonds is 2. The number of fused-ring (bicyclic) bond motifs is 1. The second-order valence-corrected chi connectivity index (χ2v) is 3.80. The van der Waals surface area contributed by atoms with Crippen molar-refractivity contribution in [1.29, 1.82) is 0 Å². The summed E-state index contributed by atoms with van der Waals surface area (Å²) in [5.74, 6) is -0.619. The molecule has 1 heterocycles. The maximum atomic E-state index is 11.6. The first-order chi connectivity index (χ1) is 8.67. The Hall–Kier alpha value is -2.30. The van der Waals surface area contributed by atoms with Crippen LogP contribution in [0.2, 0.25) is 5.02 Å². The van der Waals surface area contributed by atoms with Gasteiger partial charge >= 0.3 is 5.97 Å². The van der Waals surface area contributed by atoms with Gasteiger partial charge in [0.1, 0.15) is 0 Å². The van der Waals surface area contributed by atoms with Crippen LogP contribution >= 0.6 is 11.6 Å². The average Bonchev–Trinajstić information content (AvgIpc) is 2.38. The average molecular weight is 263 g/mol. The molecule has 6 nitrogen and oxygen atoms in total. The minimum Gasteiger partial charge on any atom is -0.465 e. The number of halogens is 1. The number of ether oxygens (including phenoxy) is 1. The summed E-state index contributed by atoms with van der Waals surface area (Å²) in [6.07, 6.45) is 1.31. The molecule has 0 aliphatic rings. The van der Waals surface area contributed by atoms with Crippen LogP contribution in [0, 0.1) is 0 Å². The van der Waals surface area contributed by atoms with E-state index >= 15 is 0 Å². The van der Waals surface area contributed by atoms with Gasteiger partial charge in [0.2, 0.25) is 0 Å². The summed E-state index contributed by atoms with van der Waals surface area (Å²) >= 11 is 5.88. The van der Waals surface area contributed by atoms with Crippen molar-refractivity contribution in [1.82, 2.24) is 4.98 Å². The zero-order chi connectivity index (χ0) is 13.1. The summed E-state index contributed by atoms with van der Waals surface area (Å²) in [4.78, 5) is 18.4. The van der Waals surface area contributed by atoms with Crippen LogP contribution in [0.4, 0.5) is 5.69 Å². The van der Waals surface area contributed by atoms with E-state index in [9.17, 15) is 4.79 Å². The molecule has 0 aliphatic carbocycles. The Labute approximate surface area is 107 Å². The highest BCUT2D eigenvalue weighted by Crippen LogP contribution is 2.31. The zero-order valence-corrected chi connectivity index (χ0v) is 10.0. The molecule has 2 rings (SSSR count). The number of carbonyl (C=O) groups excluding carboxylic acids is 1. The number of pyridine rings is 1. The Balaban J connectivity index is 2.84. The van der Waals surface area contributed by atoms with Crippen molar-refractivity contribution in [2.24, 2.45) is 5.11 Å². The number of hydrogen-bond acceptors (Lipinski definition) is 4. The molecule has 0 saturated heterocycles. The number of methoxy groups -OCH3 is 1. The van der Waals surface area contributed by atoms with Crippen LogP contribution in [-0.2, 0) is 4.74 Å². The highest BCUT2D eigenvalue weighted by Gasteiger charge is 2.15. The molecule has 0 spiro atoms. The quantitative estimate of drug-likeness (QED) is 0.358. The van der Waals surface area contributed by atoms with E-state index in [1.807, 2.05) is 0 Å². The lowest BCUT2D eigenvalue weighted by Gasteiger charge is -2.06. The first kappa shape index (κ1) is 12.2. The molecule has 90 valence electrons. The standard InChI is InChI=1S/C11H7ClN4O2/c1-18-11(17)8-5-14-9-3-2-6(12)4-7(9)10(8)15-16-13/h2-5H,1H3. The summed E-state index contributed by atoms with van der Waals surface area (Å²) in [6.45, 7) is 0. The minimum absolute atomic E-state index is 0.102. The third-order valence-corrected chi connectivity index (χ3v) is 2.59. The van der Waals surface area contributed by atoms with Crippen LogP contribution in [0.5, 0.6) is 0 Å². The number of aromatic nitrogens is 1. The summed E-state index contributed by atoms with van der Waals surface area (Å²) in [6, 6.07) is 4.92. The second-order valence-electron chi connectivity index (χ2n) is 3.36. The van der Waals surface area contributed by atoms with E-state index < -0.39 is 5.97 Å². The topological polar surface area (TPSA) is 88.0 Å². The van der Waals surface area contributed by atoms with Gasteiger partial charge in [0.25, 0.3) is 0 Å². The third kappa shape index (κ3) is 2.07. The summed E-state index contributed by atoms with van der Waals surface area (Å²) in [5, 5.41) is 4.49. The fraction of sp³-hybridized carbons (Fsp3) is 0.0909. The van der Waals surface area contributed by atoms with Crippen molar-refractivity contribution >= 4 is 34.2 Å². The predicted octanol–water partition coefficient (Wildman–Crippen LogP) is 3.62. The maximum Gasteiger partial charge on any atom is 0.339 e. The van der Waals surface area contributed by atoms with E-state index in [2.05, 4.69) is 19.7 Å². The Morgan fingerprint density at radius 3 is 3.00 bits per heavy atom. The van der Waals surface area contributed by atoms with Crippen LogP contribution in [0.1, 0.15) is 10.4 Å². The third-order valence-electron chi connectivity index (χ3n) is 2.35. The van der Waals surface area contributed by atoms with Gasteiger partial charge in [-0.3, -0.25) is 4.98 Å². The molecule has 0 bridgehead atoms. The van der Waals surface area contributed by atoms with Crippen molar-refractivity contribution in [3.63, 3.8) is 0 Å². The molecule has 0 saturated carbocycles. The molecule has 1 aromatic carbocycles. The lowest BCUT2D eigenvalue weighted by Crippen LogP contribution is -2.02. The van der Waals surface area contributed by atoms with Crippen LogP contribution in [0.15, 0.2) is 29.5 Å². The molecular weight excluding hydrogens is 256 g/mol. The predicted molar refractivity (Wildman–Crippen MR) is 66.9 cm³/mol. The van der Waals surface area contributed by atoms with Gasteiger partial charge in [-0.05, 0) is 23.7 Å². The van der Waals surface area contributed by atoms with E-state index in [-0.39, 0.29) is 11.3 Å². The van der Waals surface area contributed by atoms with Crippen molar-refractivity contribution in [2.45, 2.75) is 0 Å². The van der Waals surface area contributed by atoms with Gasteiger partial charge in [-0.15, -0.1) is 0 Å². The van der Waals surface area contributed by atoms with Gasteiger partial charge in [0, 0.05) is 21.5 Å². The van der Waals surface area contributed by atoms with Crippen LogP contribution in [-0.4, -0.2) is 18.1 Å². The molecule has 0 radical (unpaired) electrons. The Kier molecular flexibility index (Phi) is 3.32. The molecule has 1 aromatic heterocycles. The van der Waals surface area contributed by atoms with E-state index in [0.717, 1.165) is 0 Å². The SMILES string of the molecule is COC(=O)c1cnc2ccc(Cl)cc2c1N=[N+]=[N-]. The smallest absolute Gasteiger partial charge is 0.339 e. The molecule has 0 atom stereocenters. The molecule has 0 fully saturated rings. The lowest BCUT2D eigenvalue weighted by atomic mass is 10.1. The largest absolute Gasteiger partial charge is 0.465 e. The number of azide groups is 1. The summed E-state index contributed by atoms with van der Waals surface area (Å²) < 4.78 is 4.61. The fourth-order valence-electron chi connectivity index (χ4n) is 1.56. The zero-order valence-electron chi connectivity index (χ0n) is 9.29. The van der Waals surface area contributed by atoms with E-state index in [1.54, 1.807) is 18.2 Å². The van der Waals surface area contributed by atoms with Crippen LogP contribution in [0.25, 0.3) is 21.3 Å². The summed E-state index contributed by atoms with van der Waals surface area (Å²) in [5.41, 5.74) is 9.42. The van der Waals surface area contributed by atoms with Gasteiger partial charge in [-0.25, -0.2) is 4.79 Å². The van der Waals surface area contributed by atoms with Crippen molar-refractivity contribution in [3.8, 4) is 0 Å². The summed E-state index contributed by atoms with van der Waals surface area (Å²) in [7, 11) is 1.24. The van der Waals surface area contributed by atoms with Gasteiger partial charge in [-0.1, -0.05) is 16.7 Å². The molecule has 0 N–H and O–H groups in total. The molecule has 0 unspecified atom stereocenters. The monoisotopic (exact) mass is 262 g/mol. The lowest BCUT2D eigenvalue weighted by molar-refractivity contribution is 0.0601. The van der Waals surface area contributed by atoms with Gasteiger partial charge in [-0.2, -0.15) is 0 Å². The number of esters is 1. The van der Waals surface area contributed by atoms with Crippen LogP contribution in [0.3, 0.4) is 0 Å². The highest BCUT2D eigenvalue weighted by molar-refractivity contribution is 6.31. The molecule has 0 aliphatic heterocycles. The van der Waals surface area contributed by atoms with Crippen molar-refractivity contribution in [3.05, 3.63) is 45.4 Å². The van der Waals surface area contributed by atoms with Gasteiger partial charge in [0.15, 0.2) is 0 Å². The first-order valence-corrected chi connectivity index (χ1v) is 5.27. The molecule has 0 amide bonds. The molecule has 2 aromatic rings. The number of carbonyl (C=O) groups is 1. The van der Waals surface area contributed by atoms with Crippen molar-refractivity contribution in [2.75, 3.05) is 7.11 Å². The Morgan fingerprint density at radius 1 is 1.56 bits per heavy atom. The van der Waals surface area contributed by atoms with E-state index in [1.165, 1.54) is 13.3 Å². The number of benzene rings is 1.